The van der Waals surface area contributed by atoms with Gasteiger partial charge in [-0.25, -0.2) is 4.98 Å². The Hall–Kier alpha value is -2.44. The van der Waals surface area contributed by atoms with Crippen LogP contribution < -0.4 is 5.32 Å². The number of rotatable bonds is 3. The molecule has 1 fully saturated rings. The number of aromatic nitrogens is 4. The molecule has 1 aliphatic carbocycles. The number of nitrogens with zero attached hydrogens (tertiary/aromatic N) is 5. The van der Waals surface area contributed by atoms with E-state index in [0.29, 0.717) is 12.0 Å². The third-order valence-electron chi connectivity index (χ3n) is 6.00. The maximum atomic E-state index is 6.28. The van der Waals surface area contributed by atoms with Crippen LogP contribution in [0.5, 0.6) is 0 Å². The fraction of sp³-hybridized carbons (Fsp3) is 0.409. The number of anilines is 1. The average molecular weight is 409 g/mol. The van der Waals surface area contributed by atoms with Crippen molar-refractivity contribution in [2.45, 2.75) is 50.7 Å². The van der Waals surface area contributed by atoms with Crippen LogP contribution in [0.25, 0.3) is 5.69 Å². The number of nitrogens with one attached hydrogen (secondary N) is 1. The number of pyridine rings is 1. The second-order valence-electron chi connectivity index (χ2n) is 8.16. The maximum Gasteiger partial charge on any atom is 0.151 e. The van der Waals surface area contributed by atoms with Gasteiger partial charge in [-0.15, -0.1) is 10.2 Å². The van der Waals surface area contributed by atoms with E-state index in [9.17, 15) is 0 Å². The largest absolute Gasteiger partial charge is 0.367 e. The third-order valence-corrected chi connectivity index (χ3v) is 6.23. The molecule has 0 radical (unpaired) electrons. The lowest BCUT2D eigenvalue weighted by Gasteiger charge is -2.29. The molecule has 0 bridgehead atoms. The summed E-state index contributed by atoms with van der Waals surface area (Å²) in [5.41, 5.74) is 2.40. The lowest BCUT2D eigenvalue weighted by molar-refractivity contribution is 0.315. The maximum absolute atomic E-state index is 6.28. The second kappa shape index (κ2) is 7.76. The van der Waals surface area contributed by atoms with Gasteiger partial charge in [-0.1, -0.05) is 17.7 Å². The van der Waals surface area contributed by atoms with Crippen LogP contribution in [0.1, 0.15) is 48.8 Å². The standard InChI is InChI=1S/C22H25ClN6/c1-28-13-16-12-17(23)7-10-19(16)29-21(14-28)26-27-22(29)15-5-8-18(9-6-15)25-20-4-2-3-11-24-20/h2-4,7,10-12,15,18H,5-6,8-9,13-14H2,1H3,(H,24,25). The average Bonchev–Trinajstić information content (AvgIpc) is 3.06. The zero-order valence-corrected chi connectivity index (χ0v) is 17.3. The first-order valence-electron chi connectivity index (χ1n) is 10.3. The van der Waals surface area contributed by atoms with Gasteiger partial charge in [0.1, 0.15) is 11.6 Å². The monoisotopic (exact) mass is 408 g/mol. The van der Waals surface area contributed by atoms with Gasteiger partial charge < -0.3 is 5.32 Å². The van der Waals surface area contributed by atoms with Gasteiger partial charge >= 0.3 is 0 Å². The van der Waals surface area contributed by atoms with E-state index < -0.39 is 0 Å². The summed E-state index contributed by atoms with van der Waals surface area (Å²) in [7, 11) is 2.11. The molecule has 0 atom stereocenters. The second-order valence-corrected chi connectivity index (χ2v) is 8.60. The number of halogens is 1. The van der Waals surface area contributed by atoms with E-state index in [4.69, 9.17) is 11.6 Å². The van der Waals surface area contributed by atoms with Crippen LogP contribution >= 0.6 is 11.6 Å². The minimum Gasteiger partial charge on any atom is -0.367 e. The molecule has 29 heavy (non-hydrogen) atoms. The van der Waals surface area contributed by atoms with Gasteiger partial charge in [-0.3, -0.25) is 9.47 Å². The molecule has 0 amide bonds. The fourth-order valence-corrected chi connectivity index (χ4v) is 4.79. The van der Waals surface area contributed by atoms with E-state index in [1.807, 2.05) is 30.5 Å². The summed E-state index contributed by atoms with van der Waals surface area (Å²) in [5.74, 6) is 3.48. The van der Waals surface area contributed by atoms with Crippen LogP contribution in [-0.2, 0) is 13.1 Å². The molecule has 2 aromatic heterocycles. The normalized spacial score (nSPS) is 21.9. The van der Waals surface area contributed by atoms with E-state index in [-0.39, 0.29) is 0 Å². The summed E-state index contributed by atoms with van der Waals surface area (Å²) in [4.78, 5) is 6.66. The molecular formula is C22H25ClN6. The topological polar surface area (TPSA) is 58.9 Å². The van der Waals surface area contributed by atoms with Crippen LogP contribution in [0, 0.1) is 0 Å². The lowest BCUT2D eigenvalue weighted by atomic mass is 9.85. The molecule has 7 heteroatoms. The molecule has 5 rings (SSSR count). The molecule has 1 aromatic carbocycles. The number of hydrogen-bond donors (Lipinski definition) is 1. The van der Waals surface area contributed by atoms with E-state index in [1.165, 1.54) is 11.3 Å². The van der Waals surface area contributed by atoms with Crippen molar-refractivity contribution in [1.29, 1.82) is 0 Å². The Morgan fingerprint density at radius 1 is 1.03 bits per heavy atom. The van der Waals surface area contributed by atoms with E-state index in [2.05, 4.69) is 49.1 Å². The van der Waals surface area contributed by atoms with Crippen LogP contribution in [0.15, 0.2) is 42.6 Å². The summed E-state index contributed by atoms with van der Waals surface area (Å²) in [5, 5.41) is 13.6. The summed E-state index contributed by atoms with van der Waals surface area (Å²) >= 11 is 6.28. The highest BCUT2D eigenvalue weighted by Gasteiger charge is 2.30. The zero-order valence-electron chi connectivity index (χ0n) is 16.6. The summed E-state index contributed by atoms with van der Waals surface area (Å²) in [6, 6.07) is 12.6. The van der Waals surface area contributed by atoms with Crippen molar-refractivity contribution in [2.24, 2.45) is 0 Å². The smallest absolute Gasteiger partial charge is 0.151 e. The first kappa shape index (κ1) is 18.6. The van der Waals surface area contributed by atoms with Crippen molar-refractivity contribution in [3.8, 4) is 5.69 Å². The highest BCUT2D eigenvalue weighted by Crippen LogP contribution is 2.36. The van der Waals surface area contributed by atoms with Crippen molar-refractivity contribution in [3.05, 3.63) is 64.8 Å². The SMILES string of the molecule is CN1Cc2cc(Cl)ccc2-n2c(nnc2C2CCC(Nc3ccccn3)CC2)C1. The van der Waals surface area contributed by atoms with Gasteiger partial charge in [0.05, 0.1) is 12.2 Å². The highest BCUT2D eigenvalue weighted by molar-refractivity contribution is 6.30. The van der Waals surface area contributed by atoms with Crippen molar-refractivity contribution < 1.29 is 0 Å². The van der Waals surface area contributed by atoms with Gasteiger partial charge in [0.2, 0.25) is 0 Å². The molecule has 2 aliphatic rings. The number of hydrogen-bond acceptors (Lipinski definition) is 5. The first-order valence-corrected chi connectivity index (χ1v) is 10.6. The molecule has 3 aromatic rings. The van der Waals surface area contributed by atoms with Crippen molar-refractivity contribution in [3.63, 3.8) is 0 Å². The Kier molecular flexibility index (Phi) is 4.97. The quantitative estimate of drug-likeness (QED) is 0.696. The Balaban J connectivity index is 1.38. The third kappa shape index (κ3) is 3.74. The molecule has 150 valence electrons. The van der Waals surface area contributed by atoms with Crippen LogP contribution in [0.3, 0.4) is 0 Å². The molecule has 6 nitrogen and oxygen atoms in total. The van der Waals surface area contributed by atoms with Crippen molar-refractivity contribution >= 4 is 17.4 Å². The Bertz CT molecular complexity index is 994. The van der Waals surface area contributed by atoms with E-state index >= 15 is 0 Å². The Morgan fingerprint density at radius 3 is 2.69 bits per heavy atom. The molecule has 1 N–H and O–H groups in total. The van der Waals surface area contributed by atoms with Gasteiger partial charge in [0.25, 0.3) is 0 Å². The van der Waals surface area contributed by atoms with Gasteiger partial charge in [0, 0.05) is 29.7 Å². The minimum absolute atomic E-state index is 0.421. The predicted molar refractivity (Wildman–Crippen MR) is 114 cm³/mol. The predicted octanol–water partition coefficient (Wildman–Crippen LogP) is 4.40. The van der Waals surface area contributed by atoms with Gasteiger partial charge in [-0.2, -0.15) is 0 Å². The summed E-state index contributed by atoms with van der Waals surface area (Å²) < 4.78 is 2.28. The Morgan fingerprint density at radius 2 is 1.90 bits per heavy atom. The Labute approximate surface area is 175 Å². The fourth-order valence-electron chi connectivity index (χ4n) is 4.60. The van der Waals surface area contributed by atoms with E-state index in [0.717, 1.165) is 61.3 Å². The molecule has 0 unspecified atom stereocenters. The number of fused-ring (bicyclic) bond motifs is 3. The minimum atomic E-state index is 0.421. The molecular weight excluding hydrogens is 384 g/mol. The van der Waals surface area contributed by atoms with Crippen LogP contribution in [0.2, 0.25) is 5.02 Å². The summed E-state index contributed by atoms with van der Waals surface area (Å²) in [6.45, 7) is 1.65. The summed E-state index contributed by atoms with van der Waals surface area (Å²) in [6.07, 6.45) is 6.25. The number of benzene rings is 1. The van der Waals surface area contributed by atoms with Crippen LogP contribution in [-0.4, -0.2) is 37.7 Å². The molecule has 1 aliphatic heterocycles. The molecule has 0 saturated heterocycles. The lowest BCUT2D eigenvalue weighted by Crippen LogP contribution is -2.27. The van der Waals surface area contributed by atoms with Gasteiger partial charge in [-0.05, 0) is 68.6 Å². The van der Waals surface area contributed by atoms with Gasteiger partial charge in [0.15, 0.2) is 5.82 Å². The van der Waals surface area contributed by atoms with Crippen molar-refractivity contribution in [2.75, 3.05) is 12.4 Å². The van der Waals surface area contributed by atoms with Crippen molar-refractivity contribution in [1.82, 2.24) is 24.6 Å². The van der Waals surface area contributed by atoms with E-state index in [1.54, 1.807) is 0 Å². The molecule has 0 spiro atoms. The zero-order chi connectivity index (χ0) is 19.8. The first-order chi connectivity index (χ1) is 14.2. The molecule has 1 saturated carbocycles. The molecule has 3 heterocycles. The van der Waals surface area contributed by atoms with Crippen LogP contribution in [0.4, 0.5) is 5.82 Å². The highest BCUT2D eigenvalue weighted by atomic mass is 35.5.